The first kappa shape index (κ1) is 17.3. The van der Waals surface area contributed by atoms with E-state index in [9.17, 15) is 19.7 Å². The van der Waals surface area contributed by atoms with Crippen molar-refractivity contribution in [3.05, 3.63) is 33.9 Å². The molecule has 10 heteroatoms. The summed E-state index contributed by atoms with van der Waals surface area (Å²) in [5, 5.41) is 19.6. The molecule has 0 atom stereocenters. The van der Waals surface area contributed by atoms with Crippen LogP contribution < -0.4 is 10.5 Å². The summed E-state index contributed by atoms with van der Waals surface area (Å²) in [5.41, 5.74) is 3.99. The second-order valence-corrected chi connectivity index (χ2v) is 3.84. The summed E-state index contributed by atoms with van der Waals surface area (Å²) in [6.07, 6.45) is -1.08. The van der Waals surface area contributed by atoms with E-state index in [1.165, 1.54) is 0 Å². The molecule has 1 rings (SSSR count). The predicted octanol–water partition coefficient (Wildman–Crippen LogP) is 0.784. The van der Waals surface area contributed by atoms with Crippen LogP contribution in [0.1, 0.15) is 10.4 Å². The zero-order chi connectivity index (χ0) is 16.5. The topological polar surface area (TPSA) is 151 Å². The number of benzene rings is 1. The largest absolute Gasteiger partial charge is 0.513 e. The summed E-state index contributed by atoms with van der Waals surface area (Å²) in [6, 6.07) is 2.89. The number of aromatic carboxylic acids is 1. The quantitative estimate of drug-likeness (QED) is 0.233. The standard InChI is InChI=1S/C12H14N2O8/c13-3-4-20-5-6-21-12(17)22-8-1-2-10(14(18)19)9(7-8)11(15)16/h1-2,7H,3-6,13H2,(H,15,16). The summed E-state index contributed by atoms with van der Waals surface area (Å²) in [6.45, 7) is 0.721. The Morgan fingerprint density at radius 3 is 2.59 bits per heavy atom. The van der Waals surface area contributed by atoms with E-state index in [2.05, 4.69) is 4.74 Å². The molecule has 0 bridgehead atoms. The number of ether oxygens (including phenoxy) is 3. The maximum Gasteiger partial charge on any atom is 0.513 e. The Morgan fingerprint density at radius 2 is 2.00 bits per heavy atom. The molecule has 0 aliphatic rings. The molecule has 0 saturated carbocycles. The van der Waals surface area contributed by atoms with Gasteiger partial charge >= 0.3 is 12.1 Å². The van der Waals surface area contributed by atoms with E-state index in [-0.39, 0.29) is 19.0 Å². The van der Waals surface area contributed by atoms with Gasteiger partial charge in [0.2, 0.25) is 0 Å². The predicted molar refractivity (Wildman–Crippen MR) is 71.9 cm³/mol. The minimum absolute atomic E-state index is 0.0718. The van der Waals surface area contributed by atoms with E-state index in [4.69, 9.17) is 20.3 Å². The maximum atomic E-state index is 11.3. The van der Waals surface area contributed by atoms with Crippen molar-refractivity contribution in [2.75, 3.05) is 26.4 Å². The van der Waals surface area contributed by atoms with Gasteiger partial charge in [-0.05, 0) is 6.07 Å². The van der Waals surface area contributed by atoms with Gasteiger partial charge in [0.05, 0.1) is 18.1 Å². The zero-order valence-corrected chi connectivity index (χ0v) is 11.4. The lowest BCUT2D eigenvalue weighted by Crippen LogP contribution is -2.16. The van der Waals surface area contributed by atoms with Gasteiger partial charge in [-0.25, -0.2) is 9.59 Å². The molecule has 3 N–H and O–H groups in total. The lowest BCUT2D eigenvalue weighted by Gasteiger charge is -2.07. The normalized spacial score (nSPS) is 10.0. The lowest BCUT2D eigenvalue weighted by molar-refractivity contribution is -0.385. The molecule has 0 amide bonds. The number of hydrogen-bond acceptors (Lipinski definition) is 8. The Kier molecular flexibility index (Phi) is 6.73. The number of carbonyl (C=O) groups excluding carboxylic acids is 1. The third kappa shape index (κ3) is 5.34. The van der Waals surface area contributed by atoms with E-state index in [1.807, 2.05) is 0 Å². The lowest BCUT2D eigenvalue weighted by atomic mass is 10.2. The summed E-state index contributed by atoms with van der Waals surface area (Å²) < 4.78 is 14.3. The van der Waals surface area contributed by atoms with Crippen LogP contribution in [0.25, 0.3) is 0 Å². The van der Waals surface area contributed by atoms with Crippen LogP contribution in [0.4, 0.5) is 10.5 Å². The Hall–Kier alpha value is -2.72. The van der Waals surface area contributed by atoms with E-state index in [0.717, 1.165) is 18.2 Å². The van der Waals surface area contributed by atoms with Crippen molar-refractivity contribution in [1.29, 1.82) is 0 Å². The van der Waals surface area contributed by atoms with Crippen molar-refractivity contribution >= 4 is 17.8 Å². The van der Waals surface area contributed by atoms with Gasteiger partial charge in [0, 0.05) is 18.7 Å². The number of carboxylic acids is 1. The zero-order valence-electron chi connectivity index (χ0n) is 11.4. The molecule has 0 spiro atoms. The minimum atomic E-state index is -1.51. The number of rotatable bonds is 8. The van der Waals surface area contributed by atoms with Gasteiger partial charge in [-0.3, -0.25) is 10.1 Å². The Bertz CT molecular complexity index is 560. The summed E-state index contributed by atoms with van der Waals surface area (Å²) in [7, 11) is 0. The number of carbonyl (C=O) groups is 2. The first-order chi connectivity index (χ1) is 10.5. The molecule has 22 heavy (non-hydrogen) atoms. The van der Waals surface area contributed by atoms with E-state index in [1.54, 1.807) is 0 Å². The van der Waals surface area contributed by atoms with E-state index in [0.29, 0.717) is 13.2 Å². The SMILES string of the molecule is NCCOCCOC(=O)Oc1ccc([N+](=O)[O-])c(C(=O)O)c1. The third-order valence-corrected chi connectivity index (χ3v) is 2.31. The van der Waals surface area contributed by atoms with Gasteiger partial charge in [-0.1, -0.05) is 0 Å². The second-order valence-electron chi connectivity index (χ2n) is 3.84. The van der Waals surface area contributed by atoms with Crippen LogP contribution in [0.2, 0.25) is 0 Å². The van der Waals surface area contributed by atoms with E-state index < -0.39 is 28.3 Å². The van der Waals surface area contributed by atoms with Crippen molar-refractivity contribution in [3.63, 3.8) is 0 Å². The van der Waals surface area contributed by atoms with Gasteiger partial charge in [0.15, 0.2) is 0 Å². The molecule has 0 radical (unpaired) electrons. The molecule has 1 aromatic carbocycles. The van der Waals surface area contributed by atoms with Crippen LogP contribution in [0.5, 0.6) is 5.75 Å². The molecule has 0 heterocycles. The molecule has 1 aromatic rings. The highest BCUT2D eigenvalue weighted by atomic mass is 16.7. The molecule has 0 unspecified atom stereocenters. The van der Waals surface area contributed by atoms with Crippen LogP contribution in [0.15, 0.2) is 18.2 Å². The first-order valence-corrected chi connectivity index (χ1v) is 6.10. The number of nitrogens with zero attached hydrogens (tertiary/aromatic N) is 1. The highest BCUT2D eigenvalue weighted by Gasteiger charge is 2.21. The average molecular weight is 314 g/mol. The summed E-state index contributed by atoms with van der Waals surface area (Å²) in [4.78, 5) is 32.1. The van der Waals surface area contributed by atoms with Crippen LogP contribution in [-0.2, 0) is 9.47 Å². The monoisotopic (exact) mass is 314 g/mol. The van der Waals surface area contributed by atoms with Crippen LogP contribution in [0, 0.1) is 10.1 Å². The second kappa shape index (κ2) is 8.54. The van der Waals surface area contributed by atoms with Crippen LogP contribution >= 0.6 is 0 Å². The Labute approximate surface area is 124 Å². The van der Waals surface area contributed by atoms with Gasteiger partial charge in [-0.15, -0.1) is 0 Å². The van der Waals surface area contributed by atoms with Gasteiger partial charge < -0.3 is 25.1 Å². The fourth-order valence-electron chi connectivity index (χ4n) is 1.40. The number of hydrogen-bond donors (Lipinski definition) is 2. The molecule has 0 fully saturated rings. The molecule has 0 aromatic heterocycles. The highest BCUT2D eigenvalue weighted by Crippen LogP contribution is 2.24. The van der Waals surface area contributed by atoms with Crippen LogP contribution in [-0.4, -0.2) is 48.5 Å². The molecular weight excluding hydrogens is 300 g/mol. The molecular formula is C12H14N2O8. The van der Waals surface area contributed by atoms with Crippen molar-refractivity contribution < 1.29 is 33.8 Å². The smallest absolute Gasteiger partial charge is 0.477 e. The number of nitro benzene ring substituents is 1. The van der Waals surface area contributed by atoms with E-state index >= 15 is 0 Å². The molecule has 120 valence electrons. The van der Waals surface area contributed by atoms with Crippen molar-refractivity contribution in [3.8, 4) is 5.75 Å². The maximum absolute atomic E-state index is 11.3. The first-order valence-electron chi connectivity index (χ1n) is 6.10. The van der Waals surface area contributed by atoms with Gasteiger partial charge in [0.25, 0.3) is 5.69 Å². The van der Waals surface area contributed by atoms with Crippen molar-refractivity contribution in [2.45, 2.75) is 0 Å². The number of carboxylic acid groups (broad SMARTS) is 1. The molecule has 0 aliphatic heterocycles. The molecule has 10 nitrogen and oxygen atoms in total. The summed E-state index contributed by atoms with van der Waals surface area (Å²) in [5.74, 6) is -1.70. The highest BCUT2D eigenvalue weighted by molar-refractivity contribution is 5.93. The Balaban J connectivity index is 2.62. The van der Waals surface area contributed by atoms with Crippen molar-refractivity contribution in [1.82, 2.24) is 0 Å². The van der Waals surface area contributed by atoms with Gasteiger partial charge in [-0.2, -0.15) is 0 Å². The third-order valence-electron chi connectivity index (χ3n) is 2.31. The molecule has 0 aliphatic carbocycles. The number of nitro groups is 1. The fourth-order valence-corrected chi connectivity index (χ4v) is 1.40. The summed E-state index contributed by atoms with van der Waals surface area (Å²) >= 11 is 0. The van der Waals surface area contributed by atoms with Crippen molar-refractivity contribution in [2.24, 2.45) is 5.73 Å². The average Bonchev–Trinajstić information content (AvgIpc) is 2.46. The van der Waals surface area contributed by atoms with Crippen LogP contribution in [0.3, 0.4) is 0 Å². The Morgan fingerprint density at radius 1 is 1.27 bits per heavy atom. The fraction of sp³-hybridized carbons (Fsp3) is 0.333. The van der Waals surface area contributed by atoms with Gasteiger partial charge in [0.1, 0.15) is 17.9 Å². The molecule has 0 saturated heterocycles. The minimum Gasteiger partial charge on any atom is -0.477 e. The number of nitrogens with two attached hydrogens (primary N) is 1.